The van der Waals surface area contributed by atoms with Crippen molar-refractivity contribution in [1.82, 2.24) is 24.9 Å². The number of rotatable bonds is 8. The van der Waals surface area contributed by atoms with Crippen LogP contribution < -0.4 is 10.6 Å². The number of benzene rings is 2. The summed E-state index contributed by atoms with van der Waals surface area (Å²) in [7, 11) is 5.14. The molecule has 0 unspecified atom stereocenters. The molecule has 2 aromatic carbocycles. The molecule has 0 saturated carbocycles. The fourth-order valence-electron chi connectivity index (χ4n) is 5.02. The van der Waals surface area contributed by atoms with Crippen LogP contribution in [0.15, 0.2) is 54.6 Å². The van der Waals surface area contributed by atoms with Crippen LogP contribution in [0.5, 0.6) is 0 Å². The number of methoxy groups -OCH3 is 1. The zero-order chi connectivity index (χ0) is 30.6. The fourth-order valence-corrected chi connectivity index (χ4v) is 5.02. The molecule has 1 aromatic heterocycles. The third-order valence-corrected chi connectivity index (χ3v) is 7.09. The number of nitrogens with one attached hydrogen (secondary N) is 2. The molecule has 1 atom stereocenters. The van der Waals surface area contributed by atoms with Crippen LogP contribution >= 0.6 is 0 Å². The maximum Gasteiger partial charge on any atom is 0.435 e. The van der Waals surface area contributed by atoms with Gasteiger partial charge < -0.3 is 29.9 Å². The molecule has 3 aromatic rings. The van der Waals surface area contributed by atoms with E-state index < -0.39 is 23.5 Å². The van der Waals surface area contributed by atoms with Gasteiger partial charge in [-0.1, -0.05) is 30.3 Å². The predicted octanol–water partition coefficient (Wildman–Crippen LogP) is 3.99. The molecule has 0 bridgehead atoms. The van der Waals surface area contributed by atoms with Crippen molar-refractivity contribution < 1.29 is 28.7 Å². The summed E-state index contributed by atoms with van der Waals surface area (Å²) < 4.78 is 11.1. The third-order valence-electron chi connectivity index (χ3n) is 7.09. The van der Waals surface area contributed by atoms with Gasteiger partial charge in [-0.05, 0) is 64.7 Å². The number of amides is 3. The van der Waals surface area contributed by atoms with E-state index in [0.29, 0.717) is 23.4 Å². The van der Waals surface area contributed by atoms with E-state index in [-0.39, 0.29) is 36.6 Å². The Morgan fingerprint density at radius 2 is 1.67 bits per heavy atom. The predicted molar refractivity (Wildman–Crippen MR) is 155 cm³/mol. The third kappa shape index (κ3) is 6.13. The summed E-state index contributed by atoms with van der Waals surface area (Å²) in [4.78, 5) is 55.3. The highest BCUT2D eigenvalue weighted by Gasteiger charge is 2.47. The molecule has 0 spiro atoms. The van der Waals surface area contributed by atoms with Crippen molar-refractivity contribution in [2.45, 2.75) is 38.9 Å². The Balaban J connectivity index is 1.64. The molecular formula is C30H36N6O6. The summed E-state index contributed by atoms with van der Waals surface area (Å²) in [5, 5.41) is 10.3. The van der Waals surface area contributed by atoms with Crippen molar-refractivity contribution >= 4 is 29.8 Å². The number of esters is 1. The second-order valence-electron chi connectivity index (χ2n) is 10.6. The lowest BCUT2D eigenvalue weighted by molar-refractivity contribution is 0.0600. The molecule has 4 rings (SSSR count). The molecular weight excluding hydrogens is 540 g/mol. The zero-order valence-corrected chi connectivity index (χ0v) is 24.6. The smallest absolute Gasteiger partial charge is 0.435 e. The first-order valence-electron chi connectivity index (χ1n) is 13.5. The lowest BCUT2D eigenvalue weighted by Crippen LogP contribution is -2.49. The lowest BCUT2D eigenvalue weighted by Gasteiger charge is -2.34. The van der Waals surface area contributed by atoms with E-state index in [1.807, 2.05) is 63.2 Å². The van der Waals surface area contributed by atoms with Gasteiger partial charge in [0.05, 0.1) is 43.1 Å². The monoisotopic (exact) mass is 576 g/mol. The van der Waals surface area contributed by atoms with Crippen molar-refractivity contribution in [1.29, 1.82) is 0 Å². The van der Waals surface area contributed by atoms with Gasteiger partial charge in [-0.15, -0.1) is 5.10 Å². The number of hydrogen-bond acceptors (Lipinski definition) is 8. The summed E-state index contributed by atoms with van der Waals surface area (Å²) in [6.45, 7) is 6.10. The Kier molecular flexibility index (Phi) is 8.96. The van der Waals surface area contributed by atoms with Crippen LogP contribution in [0.3, 0.4) is 0 Å². The molecule has 12 heteroatoms. The minimum Gasteiger partial charge on any atom is -0.465 e. The Bertz CT molecular complexity index is 1470. The first-order chi connectivity index (χ1) is 20.0. The minimum atomic E-state index is -0.982. The highest BCUT2D eigenvalue weighted by Crippen LogP contribution is 2.42. The van der Waals surface area contributed by atoms with Gasteiger partial charge in [-0.3, -0.25) is 4.79 Å². The van der Waals surface area contributed by atoms with Crippen LogP contribution in [0.2, 0.25) is 0 Å². The van der Waals surface area contributed by atoms with Gasteiger partial charge in [0.2, 0.25) is 0 Å². The van der Waals surface area contributed by atoms with E-state index in [1.54, 1.807) is 11.8 Å². The molecule has 0 radical (unpaired) electrons. The summed E-state index contributed by atoms with van der Waals surface area (Å²) in [5.41, 5.74) is 1.50. The summed E-state index contributed by atoms with van der Waals surface area (Å²) in [6.07, 6.45) is -0.721. The first kappa shape index (κ1) is 30.3. The summed E-state index contributed by atoms with van der Waals surface area (Å²) in [6, 6.07) is 15.0. The number of carbonyl (C=O) groups excluding carboxylic acids is 4. The van der Waals surface area contributed by atoms with E-state index in [2.05, 4.69) is 15.7 Å². The molecule has 1 aliphatic rings. The van der Waals surface area contributed by atoms with Crippen molar-refractivity contribution in [2.75, 3.05) is 39.7 Å². The maximum absolute atomic E-state index is 13.8. The van der Waals surface area contributed by atoms with Crippen LogP contribution in [-0.2, 0) is 21.6 Å². The standard InChI is InChI=1S/C30H36N6O6/c1-7-42-29(40)36-24-22(25(33-36)32-26(37)20-13-15-21(16-14-20)27(38)41-6)17-35(30(24,2)3)28(39)31-23(18-34(4)5)19-11-9-8-10-12-19/h8-16,23H,7,17-18H2,1-6H3,(H,31,39)(H,32,33,37)/t23-/m1/s1. The molecule has 42 heavy (non-hydrogen) atoms. The number of anilines is 1. The molecule has 12 nitrogen and oxygen atoms in total. The highest BCUT2D eigenvalue weighted by atomic mass is 16.6. The van der Waals surface area contributed by atoms with Gasteiger partial charge in [-0.2, -0.15) is 4.68 Å². The molecule has 2 N–H and O–H groups in total. The number of likely N-dealkylation sites (N-methyl/N-ethyl adjacent to an activating group) is 1. The number of aromatic nitrogens is 2. The van der Waals surface area contributed by atoms with E-state index in [4.69, 9.17) is 9.47 Å². The average Bonchev–Trinajstić information content (AvgIpc) is 3.47. The Morgan fingerprint density at radius 1 is 1.02 bits per heavy atom. The van der Waals surface area contributed by atoms with Crippen molar-refractivity contribution in [3.63, 3.8) is 0 Å². The lowest BCUT2D eigenvalue weighted by atomic mass is 10.0. The topological polar surface area (TPSA) is 135 Å². The molecule has 1 aliphatic heterocycles. The number of fused-ring (bicyclic) bond motifs is 1. The summed E-state index contributed by atoms with van der Waals surface area (Å²) in [5.74, 6) is -0.886. The second-order valence-corrected chi connectivity index (χ2v) is 10.6. The molecule has 0 saturated heterocycles. The van der Waals surface area contributed by atoms with Gasteiger partial charge in [0.25, 0.3) is 5.91 Å². The second kappa shape index (κ2) is 12.4. The van der Waals surface area contributed by atoms with Crippen LogP contribution in [0, 0.1) is 0 Å². The van der Waals surface area contributed by atoms with Crippen LogP contribution in [0.1, 0.15) is 64.3 Å². The van der Waals surface area contributed by atoms with Gasteiger partial charge in [-0.25, -0.2) is 14.4 Å². The quantitative estimate of drug-likeness (QED) is 0.385. The Hall–Kier alpha value is -4.71. The van der Waals surface area contributed by atoms with Crippen LogP contribution in [-0.4, -0.2) is 77.9 Å². The number of carbonyl (C=O) groups is 4. The van der Waals surface area contributed by atoms with Gasteiger partial charge >= 0.3 is 18.1 Å². The largest absolute Gasteiger partial charge is 0.465 e. The molecule has 2 heterocycles. The van der Waals surface area contributed by atoms with Crippen LogP contribution in [0.4, 0.5) is 15.4 Å². The van der Waals surface area contributed by atoms with Gasteiger partial charge in [0.1, 0.15) is 0 Å². The van der Waals surface area contributed by atoms with E-state index in [9.17, 15) is 19.2 Å². The van der Waals surface area contributed by atoms with Crippen LogP contribution in [0.25, 0.3) is 0 Å². The van der Waals surface area contributed by atoms with Crippen molar-refractivity contribution in [3.8, 4) is 0 Å². The molecule has 3 amide bonds. The number of nitrogens with zero attached hydrogens (tertiary/aromatic N) is 4. The zero-order valence-electron chi connectivity index (χ0n) is 24.6. The maximum atomic E-state index is 13.8. The number of ether oxygens (including phenoxy) is 2. The highest BCUT2D eigenvalue weighted by molar-refractivity contribution is 6.05. The Labute approximate surface area is 244 Å². The summed E-state index contributed by atoms with van der Waals surface area (Å²) >= 11 is 0. The van der Waals surface area contributed by atoms with Crippen molar-refractivity contribution in [2.24, 2.45) is 0 Å². The van der Waals surface area contributed by atoms with Gasteiger partial charge in [0.15, 0.2) is 5.82 Å². The average molecular weight is 577 g/mol. The number of urea groups is 1. The van der Waals surface area contributed by atoms with E-state index >= 15 is 0 Å². The SMILES string of the molecule is CCOC(=O)n1nc(NC(=O)c2ccc(C(=O)OC)cc2)c2c1C(C)(C)N(C(=O)N[C@H](CN(C)C)c1ccccc1)C2. The normalized spacial score (nSPS) is 14.2. The molecule has 0 aliphatic carbocycles. The van der Waals surface area contributed by atoms with Crippen molar-refractivity contribution in [3.05, 3.63) is 82.5 Å². The Morgan fingerprint density at radius 3 is 2.26 bits per heavy atom. The van der Waals surface area contributed by atoms with E-state index in [1.165, 1.54) is 31.4 Å². The van der Waals surface area contributed by atoms with Gasteiger partial charge in [0, 0.05) is 17.7 Å². The minimum absolute atomic E-state index is 0.0912. The van der Waals surface area contributed by atoms with E-state index in [0.717, 1.165) is 10.2 Å². The molecule has 222 valence electrons. The fraction of sp³-hybridized carbons (Fsp3) is 0.367. The molecule has 0 fully saturated rings. The number of hydrogen-bond donors (Lipinski definition) is 2. The first-order valence-corrected chi connectivity index (χ1v) is 13.5.